The minimum atomic E-state index is 0.398. The topological polar surface area (TPSA) is 15.3 Å². The summed E-state index contributed by atoms with van der Waals surface area (Å²) in [5.41, 5.74) is 1.30. The summed E-state index contributed by atoms with van der Waals surface area (Å²) in [6, 6.07) is 9.40. The maximum atomic E-state index is 6.11. The van der Waals surface area contributed by atoms with Gasteiger partial charge in [0, 0.05) is 22.9 Å². The lowest BCUT2D eigenvalue weighted by Crippen LogP contribution is -2.34. The van der Waals surface area contributed by atoms with Gasteiger partial charge in [0.2, 0.25) is 0 Å². The Hall–Kier alpha value is -0.220. The molecule has 1 saturated heterocycles. The molecule has 1 heterocycles. The van der Waals surface area contributed by atoms with Crippen LogP contribution in [0.5, 0.6) is 0 Å². The second kappa shape index (κ2) is 8.28. The van der Waals surface area contributed by atoms with Gasteiger partial charge in [-0.3, -0.25) is 0 Å². The van der Waals surface area contributed by atoms with E-state index in [0.29, 0.717) is 6.04 Å². The fourth-order valence-corrected chi connectivity index (χ4v) is 4.24. The lowest BCUT2D eigenvalue weighted by Gasteiger charge is -2.26. The highest BCUT2D eigenvalue weighted by molar-refractivity contribution is 7.99. The molecule has 1 aromatic carbocycles. The highest BCUT2D eigenvalue weighted by atomic mass is 35.5. The van der Waals surface area contributed by atoms with Crippen LogP contribution < -0.4 is 5.32 Å². The van der Waals surface area contributed by atoms with E-state index >= 15 is 0 Å². The Morgan fingerprint density at radius 3 is 3.00 bits per heavy atom. The molecule has 1 aliphatic rings. The standard InChI is InChI=1S/C16H25ClN2S/c1-3-18-16(13-5-4-6-14(17)11-13)7-9-19(2)15-8-10-20-12-15/h4-6,11,15-16,18H,3,7-10,12H2,1-2H3. The molecule has 0 aromatic heterocycles. The lowest BCUT2D eigenvalue weighted by atomic mass is 10.0. The van der Waals surface area contributed by atoms with Crippen molar-refractivity contribution in [2.45, 2.75) is 31.8 Å². The van der Waals surface area contributed by atoms with E-state index in [1.807, 2.05) is 12.1 Å². The summed E-state index contributed by atoms with van der Waals surface area (Å²) < 4.78 is 0. The summed E-state index contributed by atoms with van der Waals surface area (Å²) >= 11 is 8.19. The lowest BCUT2D eigenvalue weighted by molar-refractivity contribution is 0.247. The van der Waals surface area contributed by atoms with Crippen molar-refractivity contribution < 1.29 is 0 Å². The van der Waals surface area contributed by atoms with Crippen LogP contribution in [-0.4, -0.2) is 42.6 Å². The molecule has 0 bridgehead atoms. The van der Waals surface area contributed by atoms with Crippen LogP contribution in [0.15, 0.2) is 24.3 Å². The Labute approximate surface area is 132 Å². The van der Waals surface area contributed by atoms with E-state index in [-0.39, 0.29) is 0 Å². The third-order valence-corrected chi connectivity index (χ3v) is 5.38. The summed E-state index contributed by atoms with van der Waals surface area (Å²) in [5, 5.41) is 4.41. The first-order valence-corrected chi connectivity index (χ1v) is 9.00. The van der Waals surface area contributed by atoms with Crippen molar-refractivity contribution in [3.8, 4) is 0 Å². The van der Waals surface area contributed by atoms with Crippen LogP contribution in [0.4, 0.5) is 0 Å². The van der Waals surface area contributed by atoms with Gasteiger partial charge in [-0.15, -0.1) is 0 Å². The first kappa shape index (κ1) is 16.2. The molecule has 1 aromatic rings. The van der Waals surface area contributed by atoms with Crippen molar-refractivity contribution >= 4 is 23.4 Å². The molecular formula is C16H25ClN2S. The van der Waals surface area contributed by atoms with Crippen LogP contribution in [0.3, 0.4) is 0 Å². The van der Waals surface area contributed by atoms with E-state index in [2.05, 4.69) is 48.1 Å². The Bertz CT molecular complexity index is 407. The summed E-state index contributed by atoms with van der Waals surface area (Å²) in [7, 11) is 2.26. The van der Waals surface area contributed by atoms with Crippen LogP contribution in [0.25, 0.3) is 0 Å². The van der Waals surface area contributed by atoms with E-state index in [1.165, 1.54) is 23.5 Å². The van der Waals surface area contributed by atoms with Crippen LogP contribution in [0.1, 0.15) is 31.4 Å². The van der Waals surface area contributed by atoms with Crippen molar-refractivity contribution in [2.75, 3.05) is 31.6 Å². The highest BCUT2D eigenvalue weighted by Gasteiger charge is 2.21. The van der Waals surface area contributed by atoms with Gasteiger partial charge in [0.05, 0.1) is 0 Å². The van der Waals surface area contributed by atoms with Gasteiger partial charge in [-0.25, -0.2) is 0 Å². The Morgan fingerprint density at radius 2 is 2.35 bits per heavy atom. The van der Waals surface area contributed by atoms with Gasteiger partial charge in [0.25, 0.3) is 0 Å². The predicted octanol–water partition coefficient (Wildman–Crippen LogP) is 3.82. The quantitative estimate of drug-likeness (QED) is 0.824. The van der Waals surface area contributed by atoms with Gasteiger partial charge < -0.3 is 10.2 Å². The molecule has 112 valence electrons. The first-order chi connectivity index (χ1) is 9.70. The van der Waals surface area contributed by atoms with E-state index in [0.717, 1.165) is 30.6 Å². The van der Waals surface area contributed by atoms with E-state index < -0.39 is 0 Å². The number of benzene rings is 1. The van der Waals surface area contributed by atoms with Gasteiger partial charge >= 0.3 is 0 Å². The molecule has 20 heavy (non-hydrogen) atoms. The van der Waals surface area contributed by atoms with Gasteiger partial charge in [0.1, 0.15) is 0 Å². The number of nitrogens with one attached hydrogen (secondary N) is 1. The summed E-state index contributed by atoms with van der Waals surface area (Å²) in [4.78, 5) is 2.52. The Morgan fingerprint density at radius 1 is 1.50 bits per heavy atom. The predicted molar refractivity (Wildman–Crippen MR) is 90.8 cm³/mol. The molecule has 0 radical (unpaired) electrons. The summed E-state index contributed by atoms with van der Waals surface area (Å²) in [6.07, 6.45) is 2.47. The third-order valence-electron chi connectivity index (χ3n) is 4.00. The van der Waals surface area contributed by atoms with Gasteiger partial charge in [-0.05, 0) is 56.4 Å². The molecule has 1 N–H and O–H groups in total. The molecule has 2 nitrogen and oxygen atoms in total. The second-order valence-electron chi connectivity index (χ2n) is 5.45. The summed E-state index contributed by atoms with van der Waals surface area (Å²) in [6.45, 7) is 4.28. The van der Waals surface area contributed by atoms with Crippen LogP contribution in [0.2, 0.25) is 5.02 Å². The Kier molecular flexibility index (Phi) is 6.69. The molecule has 0 aliphatic carbocycles. The van der Waals surface area contributed by atoms with Crippen molar-refractivity contribution in [3.05, 3.63) is 34.9 Å². The van der Waals surface area contributed by atoms with Gasteiger partial charge in [-0.1, -0.05) is 30.7 Å². The molecule has 2 unspecified atom stereocenters. The third kappa shape index (κ3) is 4.66. The average Bonchev–Trinajstić information content (AvgIpc) is 2.97. The molecule has 1 fully saturated rings. The maximum Gasteiger partial charge on any atom is 0.0409 e. The smallest absolute Gasteiger partial charge is 0.0409 e. The number of hydrogen-bond acceptors (Lipinski definition) is 3. The van der Waals surface area contributed by atoms with Crippen molar-refractivity contribution in [1.29, 1.82) is 0 Å². The number of nitrogens with zero attached hydrogens (tertiary/aromatic N) is 1. The number of thioether (sulfide) groups is 1. The maximum absolute atomic E-state index is 6.11. The second-order valence-corrected chi connectivity index (χ2v) is 7.04. The van der Waals surface area contributed by atoms with E-state index in [1.54, 1.807) is 0 Å². The van der Waals surface area contributed by atoms with E-state index in [4.69, 9.17) is 11.6 Å². The van der Waals surface area contributed by atoms with Crippen LogP contribution in [0, 0.1) is 0 Å². The van der Waals surface area contributed by atoms with Crippen LogP contribution in [-0.2, 0) is 0 Å². The largest absolute Gasteiger partial charge is 0.310 e. The number of hydrogen-bond donors (Lipinski definition) is 1. The molecule has 2 rings (SSSR count). The molecular weight excluding hydrogens is 288 g/mol. The van der Waals surface area contributed by atoms with Gasteiger partial charge in [-0.2, -0.15) is 11.8 Å². The van der Waals surface area contributed by atoms with Crippen molar-refractivity contribution in [3.63, 3.8) is 0 Å². The van der Waals surface area contributed by atoms with Gasteiger partial charge in [0.15, 0.2) is 0 Å². The normalized spacial score (nSPS) is 20.5. The van der Waals surface area contributed by atoms with Crippen molar-refractivity contribution in [1.82, 2.24) is 10.2 Å². The minimum absolute atomic E-state index is 0.398. The van der Waals surface area contributed by atoms with Crippen molar-refractivity contribution in [2.24, 2.45) is 0 Å². The fraction of sp³-hybridized carbons (Fsp3) is 0.625. The first-order valence-electron chi connectivity index (χ1n) is 7.47. The molecule has 0 amide bonds. The molecule has 2 atom stereocenters. The summed E-state index contributed by atoms with van der Waals surface area (Å²) in [5.74, 6) is 2.61. The number of rotatable bonds is 7. The zero-order valence-corrected chi connectivity index (χ0v) is 14.0. The SMILES string of the molecule is CCNC(CCN(C)C1CCSC1)c1cccc(Cl)c1. The highest BCUT2D eigenvalue weighted by Crippen LogP contribution is 2.24. The minimum Gasteiger partial charge on any atom is -0.310 e. The molecule has 0 saturated carbocycles. The monoisotopic (exact) mass is 312 g/mol. The zero-order valence-electron chi connectivity index (χ0n) is 12.4. The molecule has 4 heteroatoms. The van der Waals surface area contributed by atoms with Crippen LogP contribution >= 0.6 is 23.4 Å². The number of halogens is 1. The zero-order chi connectivity index (χ0) is 14.4. The molecule has 0 spiro atoms. The Balaban J connectivity index is 1.91. The average molecular weight is 313 g/mol. The fourth-order valence-electron chi connectivity index (χ4n) is 2.74. The van der Waals surface area contributed by atoms with E-state index in [9.17, 15) is 0 Å². The molecule has 1 aliphatic heterocycles.